The Labute approximate surface area is 188 Å². The number of anilines is 1. The fourth-order valence-electron chi connectivity index (χ4n) is 3.36. The Morgan fingerprint density at radius 1 is 1.19 bits per heavy atom. The smallest absolute Gasteiger partial charge is 0.239 e. The highest BCUT2D eigenvalue weighted by Gasteiger charge is 2.18. The second-order valence-electron chi connectivity index (χ2n) is 7.45. The molecule has 4 rings (SSSR count). The summed E-state index contributed by atoms with van der Waals surface area (Å²) in [5.41, 5.74) is 4.89. The first-order valence-corrected chi connectivity index (χ1v) is 10.9. The maximum absolute atomic E-state index is 15.6. The molecule has 0 aliphatic carbocycles. The molecule has 0 aliphatic heterocycles. The third kappa shape index (κ3) is 4.90. The monoisotopic (exact) mass is 454 g/mol. The predicted molar refractivity (Wildman–Crippen MR) is 124 cm³/mol. The van der Waals surface area contributed by atoms with Crippen molar-refractivity contribution in [3.05, 3.63) is 76.1 Å². The van der Waals surface area contributed by atoms with Crippen LogP contribution in [0.1, 0.15) is 11.1 Å². The van der Waals surface area contributed by atoms with E-state index >= 15 is 4.39 Å². The van der Waals surface area contributed by atoms with E-state index in [9.17, 15) is 4.79 Å². The van der Waals surface area contributed by atoms with Gasteiger partial charge in [-0.15, -0.1) is 11.3 Å². The average molecular weight is 455 g/mol. The molecular formula is C23H20ClFN4OS. The minimum absolute atomic E-state index is 0.141. The molecule has 0 fully saturated rings. The summed E-state index contributed by atoms with van der Waals surface area (Å²) >= 11 is 7.61. The minimum Gasteiger partial charge on any atom is -0.310 e. The fourth-order valence-corrected chi connectivity index (χ4v) is 4.30. The summed E-state index contributed by atoms with van der Waals surface area (Å²) in [4.78, 5) is 22.3. The van der Waals surface area contributed by atoms with Crippen molar-refractivity contribution in [3.63, 3.8) is 0 Å². The molecule has 5 nitrogen and oxygen atoms in total. The molecule has 0 spiro atoms. The lowest BCUT2D eigenvalue weighted by Crippen LogP contribution is -2.27. The van der Waals surface area contributed by atoms with Crippen molar-refractivity contribution in [1.29, 1.82) is 0 Å². The molecule has 0 radical (unpaired) electrons. The number of carbonyl (C=O) groups is 1. The van der Waals surface area contributed by atoms with Gasteiger partial charge in [-0.3, -0.25) is 4.79 Å². The molecule has 158 valence electrons. The van der Waals surface area contributed by atoms with E-state index in [0.717, 1.165) is 10.3 Å². The van der Waals surface area contributed by atoms with Crippen molar-refractivity contribution >= 4 is 44.9 Å². The van der Waals surface area contributed by atoms with Crippen molar-refractivity contribution in [2.75, 3.05) is 26.0 Å². The summed E-state index contributed by atoms with van der Waals surface area (Å²) in [6.45, 7) is 0.274. The highest BCUT2D eigenvalue weighted by molar-refractivity contribution is 7.16. The quantitative estimate of drug-likeness (QED) is 0.432. The van der Waals surface area contributed by atoms with Gasteiger partial charge in [0, 0.05) is 23.2 Å². The molecule has 2 aromatic carbocycles. The number of benzene rings is 2. The van der Waals surface area contributed by atoms with Crippen LogP contribution in [0.15, 0.2) is 54.2 Å². The van der Waals surface area contributed by atoms with Gasteiger partial charge in [0.05, 0.1) is 22.3 Å². The minimum atomic E-state index is -0.316. The molecule has 0 saturated carbocycles. The maximum atomic E-state index is 15.6. The molecule has 1 amide bonds. The third-order valence-electron chi connectivity index (χ3n) is 4.70. The maximum Gasteiger partial charge on any atom is 0.239 e. The largest absolute Gasteiger partial charge is 0.310 e. The number of amides is 1. The highest BCUT2D eigenvalue weighted by Crippen LogP contribution is 2.36. The van der Waals surface area contributed by atoms with Crippen LogP contribution < -0.4 is 5.32 Å². The Balaban J connectivity index is 1.63. The van der Waals surface area contributed by atoms with E-state index in [0.29, 0.717) is 39.5 Å². The van der Waals surface area contributed by atoms with Gasteiger partial charge >= 0.3 is 0 Å². The predicted octanol–water partition coefficient (Wildman–Crippen LogP) is 5.24. The van der Waals surface area contributed by atoms with E-state index in [-0.39, 0.29) is 18.3 Å². The number of aromatic nitrogens is 2. The summed E-state index contributed by atoms with van der Waals surface area (Å²) in [6.07, 6.45) is 2.02. The molecule has 0 bridgehead atoms. The third-order valence-corrected chi connectivity index (χ3v) is 5.71. The lowest BCUT2D eigenvalue weighted by molar-refractivity contribution is -0.116. The van der Waals surface area contributed by atoms with Gasteiger partial charge in [0.25, 0.3) is 0 Å². The van der Waals surface area contributed by atoms with E-state index < -0.39 is 0 Å². The zero-order valence-corrected chi connectivity index (χ0v) is 18.6. The van der Waals surface area contributed by atoms with Gasteiger partial charge in [-0.2, -0.15) is 0 Å². The average Bonchev–Trinajstić information content (AvgIpc) is 3.17. The van der Waals surface area contributed by atoms with Crippen molar-refractivity contribution in [2.45, 2.75) is 6.42 Å². The van der Waals surface area contributed by atoms with Crippen molar-refractivity contribution in [2.24, 2.45) is 0 Å². The van der Waals surface area contributed by atoms with Crippen LogP contribution in [-0.4, -0.2) is 41.4 Å². The van der Waals surface area contributed by atoms with Gasteiger partial charge in [-0.25, -0.2) is 14.4 Å². The Morgan fingerprint density at radius 2 is 2.03 bits per heavy atom. The molecule has 2 aromatic heterocycles. The summed E-state index contributed by atoms with van der Waals surface area (Å²) < 4.78 is 16.5. The number of pyridine rings is 1. The number of nitrogens with zero attached hydrogens (tertiary/aromatic N) is 3. The van der Waals surface area contributed by atoms with Crippen molar-refractivity contribution in [1.82, 2.24) is 14.9 Å². The first-order valence-electron chi connectivity index (χ1n) is 9.60. The standard InChI is InChI=1S/C23H20ClFN4OS/c1-29(2)12-20(30)28-19-7-6-14(11-26-19)8-16-10-18-23(27-13-31-18)21(22(16)25)15-4-3-5-17(24)9-15/h3-7,9-11,13H,8,12H2,1-2H3,(H,26,28,30). The zero-order valence-electron chi connectivity index (χ0n) is 17.0. The molecule has 8 heteroatoms. The van der Waals surface area contributed by atoms with Crippen LogP contribution in [0.25, 0.3) is 21.3 Å². The molecule has 2 heterocycles. The van der Waals surface area contributed by atoms with Gasteiger partial charge in [0.1, 0.15) is 11.6 Å². The Morgan fingerprint density at radius 3 is 2.74 bits per heavy atom. The van der Waals surface area contributed by atoms with Crippen LogP contribution in [-0.2, 0) is 11.2 Å². The molecule has 0 atom stereocenters. The molecular weight excluding hydrogens is 435 g/mol. The second kappa shape index (κ2) is 9.09. The molecule has 31 heavy (non-hydrogen) atoms. The van der Waals surface area contributed by atoms with Crippen LogP contribution in [0.2, 0.25) is 5.02 Å². The summed E-state index contributed by atoms with van der Waals surface area (Å²) in [7, 11) is 3.64. The number of thiazole rings is 1. The number of rotatable bonds is 6. The summed E-state index contributed by atoms with van der Waals surface area (Å²) in [6, 6.07) is 12.5. The molecule has 4 aromatic rings. The van der Waals surface area contributed by atoms with Gasteiger partial charge < -0.3 is 10.2 Å². The fraction of sp³-hybridized carbons (Fsp3) is 0.174. The van der Waals surface area contributed by atoms with E-state index in [2.05, 4.69) is 15.3 Å². The van der Waals surface area contributed by atoms with Gasteiger partial charge in [-0.05, 0) is 55.1 Å². The van der Waals surface area contributed by atoms with Crippen LogP contribution in [0.5, 0.6) is 0 Å². The zero-order chi connectivity index (χ0) is 22.0. The van der Waals surface area contributed by atoms with E-state index in [1.165, 1.54) is 11.3 Å². The Hall–Kier alpha value is -2.87. The van der Waals surface area contributed by atoms with Crippen LogP contribution in [0, 0.1) is 5.82 Å². The molecule has 0 unspecified atom stereocenters. The number of likely N-dealkylation sites (N-methyl/N-ethyl adjacent to an activating group) is 1. The van der Waals surface area contributed by atoms with Crippen LogP contribution >= 0.6 is 22.9 Å². The summed E-state index contributed by atoms with van der Waals surface area (Å²) in [5.74, 6) is 0.00994. The first kappa shape index (κ1) is 21.4. The number of carbonyl (C=O) groups excluding carboxylic acids is 1. The van der Waals surface area contributed by atoms with Crippen LogP contribution in [0.4, 0.5) is 10.2 Å². The SMILES string of the molecule is CN(C)CC(=O)Nc1ccc(Cc2cc3scnc3c(-c3cccc(Cl)c3)c2F)cn1. The highest BCUT2D eigenvalue weighted by atomic mass is 35.5. The number of hydrogen-bond acceptors (Lipinski definition) is 5. The van der Waals surface area contributed by atoms with Gasteiger partial charge in [-0.1, -0.05) is 29.8 Å². The Kier molecular flexibility index (Phi) is 6.27. The lowest BCUT2D eigenvalue weighted by Gasteiger charge is -2.12. The number of halogens is 2. The summed E-state index contributed by atoms with van der Waals surface area (Å²) in [5, 5.41) is 3.29. The molecule has 1 N–H and O–H groups in total. The van der Waals surface area contributed by atoms with Crippen LogP contribution in [0.3, 0.4) is 0 Å². The molecule has 0 saturated heterocycles. The Bertz CT molecular complexity index is 1240. The van der Waals surface area contributed by atoms with E-state index in [1.54, 1.807) is 40.9 Å². The van der Waals surface area contributed by atoms with E-state index in [1.807, 2.05) is 32.3 Å². The normalized spacial score (nSPS) is 11.3. The number of nitrogens with one attached hydrogen (secondary N) is 1. The topological polar surface area (TPSA) is 58.1 Å². The second-order valence-corrected chi connectivity index (χ2v) is 8.77. The number of hydrogen-bond donors (Lipinski definition) is 1. The van der Waals surface area contributed by atoms with Gasteiger partial charge in [0.2, 0.25) is 5.91 Å². The first-order chi connectivity index (χ1) is 14.9. The van der Waals surface area contributed by atoms with Crippen molar-refractivity contribution in [3.8, 4) is 11.1 Å². The van der Waals surface area contributed by atoms with Gasteiger partial charge in [0.15, 0.2) is 0 Å². The number of fused-ring (bicyclic) bond motifs is 1. The van der Waals surface area contributed by atoms with Crippen molar-refractivity contribution < 1.29 is 9.18 Å². The molecule has 0 aliphatic rings. The lowest BCUT2D eigenvalue weighted by atomic mass is 9.97. The van der Waals surface area contributed by atoms with E-state index in [4.69, 9.17) is 11.6 Å².